The molecule has 1 aromatic carbocycles. The largest absolute Gasteiger partial charge is 0.306 e. The lowest BCUT2D eigenvalue weighted by Gasteiger charge is -2.05. The van der Waals surface area contributed by atoms with E-state index in [1.807, 2.05) is 52.9 Å². The second-order valence-corrected chi connectivity index (χ2v) is 4.26. The smallest absolute Gasteiger partial charge is 0.210 e. The van der Waals surface area contributed by atoms with E-state index < -0.39 is 0 Å². The molecule has 0 aliphatic heterocycles. The number of benzene rings is 1. The maximum atomic E-state index is 12.4. The van der Waals surface area contributed by atoms with Crippen LogP contribution in [-0.2, 0) is 0 Å². The van der Waals surface area contributed by atoms with Crippen molar-refractivity contribution >= 4 is 27.3 Å². The SMILES string of the molecule is O=c1c2ccccc2c2ccc3cccc1n32. The molecule has 3 heterocycles. The van der Waals surface area contributed by atoms with E-state index in [2.05, 4.69) is 6.07 Å². The van der Waals surface area contributed by atoms with Crippen LogP contribution in [0.3, 0.4) is 0 Å². The number of nitrogens with zero attached hydrogens (tertiary/aromatic N) is 1. The van der Waals surface area contributed by atoms with E-state index in [1.54, 1.807) is 0 Å². The first-order valence-electron chi connectivity index (χ1n) is 5.61. The number of hydrogen-bond donors (Lipinski definition) is 0. The first-order chi connectivity index (χ1) is 8.36. The Bertz CT molecular complexity index is 905. The van der Waals surface area contributed by atoms with Gasteiger partial charge in [-0.15, -0.1) is 0 Å². The summed E-state index contributed by atoms with van der Waals surface area (Å²) in [6, 6.07) is 17.7. The molecule has 0 radical (unpaired) electrons. The monoisotopic (exact) mass is 219 g/mol. The maximum absolute atomic E-state index is 12.4. The van der Waals surface area contributed by atoms with E-state index in [9.17, 15) is 4.79 Å². The van der Waals surface area contributed by atoms with Gasteiger partial charge in [0.05, 0.1) is 11.0 Å². The number of hydrogen-bond acceptors (Lipinski definition) is 1. The van der Waals surface area contributed by atoms with E-state index in [-0.39, 0.29) is 5.43 Å². The summed E-state index contributed by atoms with van der Waals surface area (Å²) in [4.78, 5) is 12.4. The van der Waals surface area contributed by atoms with Crippen LogP contribution in [0.1, 0.15) is 0 Å². The van der Waals surface area contributed by atoms with Gasteiger partial charge in [-0.05, 0) is 24.3 Å². The molecular formula is C15H9NO. The Morgan fingerprint density at radius 1 is 0.706 bits per heavy atom. The predicted octanol–water partition coefficient (Wildman–Crippen LogP) is 3.04. The molecule has 4 aromatic rings. The molecule has 4 rings (SSSR count). The first kappa shape index (κ1) is 8.76. The molecule has 0 N–H and O–H groups in total. The van der Waals surface area contributed by atoms with E-state index >= 15 is 0 Å². The zero-order valence-corrected chi connectivity index (χ0v) is 9.05. The molecule has 0 saturated heterocycles. The third-order valence-electron chi connectivity index (χ3n) is 3.35. The van der Waals surface area contributed by atoms with Gasteiger partial charge in [0.25, 0.3) is 0 Å². The van der Waals surface area contributed by atoms with Crippen LogP contribution in [0.5, 0.6) is 0 Å². The van der Waals surface area contributed by atoms with Gasteiger partial charge >= 0.3 is 0 Å². The fourth-order valence-corrected chi connectivity index (χ4v) is 2.59. The summed E-state index contributed by atoms with van der Waals surface area (Å²) in [5.74, 6) is 0. The summed E-state index contributed by atoms with van der Waals surface area (Å²) in [6.07, 6.45) is 0. The Morgan fingerprint density at radius 3 is 2.41 bits per heavy atom. The Hall–Kier alpha value is -2.35. The van der Waals surface area contributed by atoms with Gasteiger partial charge in [-0.1, -0.05) is 30.3 Å². The van der Waals surface area contributed by atoms with Crippen molar-refractivity contribution in [1.82, 2.24) is 4.40 Å². The van der Waals surface area contributed by atoms with Crippen molar-refractivity contribution in [2.24, 2.45) is 0 Å². The Morgan fingerprint density at radius 2 is 1.53 bits per heavy atom. The molecule has 0 aliphatic carbocycles. The lowest BCUT2D eigenvalue weighted by molar-refractivity contribution is 1.31. The zero-order valence-electron chi connectivity index (χ0n) is 9.05. The van der Waals surface area contributed by atoms with Gasteiger partial charge in [-0.2, -0.15) is 0 Å². The van der Waals surface area contributed by atoms with Crippen LogP contribution < -0.4 is 5.43 Å². The summed E-state index contributed by atoms with van der Waals surface area (Å²) >= 11 is 0. The summed E-state index contributed by atoms with van der Waals surface area (Å²) in [7, 11) is 0. The van der Waals surface area contributed by atoms with Gasteiger partial charge in [-0.25, -0.2) is 0 Å². The number of aromatic nitrogens is 1. The maximum Gasteiger partial charge on any atom is 0.210 e. The fraction of sp³-hybridized carbons (Fsp3) is 0. The topological polar surface area (TPSA) is 21.5 Å². The fourth-order valence-electron chi connectivity index (χ4n) is 2.59. The van der Waals surface area contributed by atoms with Crippen molar-refractivity contribution in [3.05, 3.63) is 64.8 Å². The van der Waals surface area contributed by atoms with Crippen molar-refractivity contribution in [1.29, 1.82) is 0 Å². The number of fused-ring (bicyclic) bond motifs is 2. The Labute approximate surface area is 97.1 Å². The van der Waals surface area contributed by atoms with Gasteiger partial charge in [0.2, 0.25) is 5.43 Å². The van der Waals surface area contributed by atoms with Crippen LogP contribution in [0.4, 0.5) is 0 Å². The molecule has 80 valence electrons. The van der Waals surface area contributed by atoms with Crippen molar-refractivity contribution < 1.29 is 0 Å². The Balaban J connectivity index is 2.53. The van der Waals surface area contributed by atoms with E-state index in [0.29, 0.717) is 0 Å². The lowest BCUT2D eigenvalue weighted by atomic mass is 10.1. The van der Waals surface area contributed by atoms with Crippen LogP contribution in [0.2, 0.25) is 0 Å². The van der Waals surface area contributed by atoms with Crippen molar-refractivity contribution in [3.8, 4) is 0 Å². The second-order valence-electron chi connectivity index (χ2n) is 4.26. The molecule has 0 amide bonds. The lowest BCUT2D eigenvalue weighted by Crippen LogP contribution is -2.07. The van der Waals surface area contributed by atoms with E-state index in [4.69, 9.17) is 0 Å². The number of rotatable bonds is 0. The minimum atomic E-state index is 0.106. The van der Waals surface area contributed by atoms with Crippen molar-refractivity contribution in [3.63, 3.8) is 0 Å². The normalized spacial score (nSPS) is 11.8. The molecule has 0 saturated carbocycles. The van der Waals surface area contributed by atoms with E-state index in [1.165, 1.54) is 0 Å². The van der Waals surface area contributed by atoms with Gasteiger partial charge in [0.1, 0.15) is 0 Å². The molecule has 0 atom stereocenters. The zero-order chi connectivity index (χ0) is 11.4. The highest BCUT2D eigenvalue weighted by molar-refractivity contribution is 6.00. The average Bonchev–Trinajstić information content (AvgIpc) is 2.81. The van der Waals surface area contributed by atoms with Gasteiger partial charge in [-0.3, -0.25) is 4.79 Å². The minimum absolute atomic E-state index is 0.106. The number of pyridine rings is 2. The highest BCUT2D eigenvalue weighted by atomic mass is 16.1. The molecule has 0 unspecified atom stereocenters. The molecule has 0 aliphatic rings. The molecule has 0 bridgehead atoms. The van der Waals surface area contributed by atoms with Crippen LogP contribution in [0, 0.1) is 0 Å². The Kier molecular flexibility index (Phi) is 1.47. The quantitative estimate of drug-likeness (QED) is 0.416. The van der Waals surface area contributed by atoms with Gasteiger partial charge in [0.15, 0.2) is 0 Å². The average molecular weight is 219 g/mol. The third kappa shape index (κ3) is 0.972. The summed E-state index contributed by atoms with van der Waals surface area (Å²) in [5.41, 5.74) is 3.03. The highest BCUT2D eigenvalue weighted by Crippen LogP contribution is 2.23. The molecule has 2 heteroatoms. The van der Waals surface area contributed by atoms with E-state index in [0.717, 1.165) is 27.3 Å². The predicted molar refractivity (Wildman–Crippen MR) is 69.9 cm³/mol. The third-order valence-corrected chi connectivity index (χ3v) is 3.35. The molecule has 2 nitrogen and oxygen atoms in total. The van der Waals surface area contributed by atoms with Crippen LogP contribution >= 0.6 is 0 Å². The van der Waals surface area contributed by atoms with Crippen molar-refractivity contribution in [2.75, 3.05) is 0 Å². The summed E-state index contributed by atoms with van der Waals surface area (Å²) < 4.78 is 2.03. The van der Waals surface area contributed by atoms with Gasteiger partial charge in [0, 0.05) is 16.3 Å². The summed E-state index contributed by atoms with van der Waals surface area (Å²) in [6.45, 7) is 0. The van der Waals surface area contributed by atoms with Crippen molar-refractivity contribution in [2.45, 2.75) is 0 Å². The molecule has 3 aromatic heterocycles. The highest BCUT2D eigenvalue weighted by Gasteiger charge is 2.09. The molecule has 0 spiro atoms. The van der Waals surface area contributed by atoms with Crippen LogP contribution in [0.15, 0.2) is 59.4 Å². The molecular weight excluding hydrogens is 210 g/mol. The first-order valence-corrected chi connectivity index (χ1v) is 5.61. The second kappa shape index (κ2) is 2.86. The molecule has 0 fully saturated rings. The standard InChI is InChI=1S/C15H9NO/c17-15-12-6-2-1-5-11(12)13-9-8-10-4-3-7-14(15)16(10)13/h1-9H. The van der Waals surface area contributed by atoms with Crippen LogP contribution in [-0.4, -0.2) is 4.40 Å². The molecule has 17 heavy (non-hydrogen) atoms. The van der Waals surface area contributed by atoms with Gasteiger partial charge < -0.3 is 4.40 Å². The van der Waals surface area contributed by atoms with Crippen LogP contribution in [0.25, 0.3) is 27.3 Å². The minimum Gasteiger partial charge on any atom is -0.306 e. The summed E-state index contributed by atoms with van der Waals surface area (Å²) in [5, 5.41) is 1.82.